The van der Waals surface area contributed by atoms with Crippen LogP contribution in [0, 0.1) is 0 Å². The average molecular weight is 268 g/mol. The van der Waals surface area contributed by atoms with E-state index >= 15 is 0 Å². The normalized spacial score (nSPS) is 16.9. The van der Waals surface area contributed by atoms with E-state index in [0.717, 1.165) is 34.5 Å². The van der Waals surface area contributed by atoms with Crippen molar-refractivity contribution in [3.05, 3.63) is 12.1 Å². The number of ether oxygens (including phenoxy) is 3. The topological polar surface area (TPSA) is 36.9 Å². The van der Waals surface area contributed by atoms with Gasteiger partial charge in [0.2, 0.25) is 8.32 Å². The van der Waals surface area contributed by atoms with Crippen molar-refractivity contribution in [2.24, 2.45) is 0 Å². The van der Waals surface area contributed by atoms with Gasteiger partial charge in [-0.3, -0.25) is 0 Å². The first-order valence-corrected chi connectivity index (χ1v) is 8.38. The molecule has 1 aromatic carbocycles. The largest absolute Gasteiger partial charge is 0.497 e. The Hall–Kier alpha value is -1.20. The van der Waals surface area contributed by atoms with Crippen LogP contribution < -0.4 is 19.4 Å². The minimum absolute atomic E-state index is 0.743. The lowest BCUT2D eigenvalue weighted by molar-refractivity contribution is 0.363. The van der Waals surface area contributed by atoms with Crippen molar-refractivity contribution in [3.8, 4) is 17.2 Å². The van der Waals surface area contributed by atoms with Crippen LogP contribution in [0.5, 0.6) is 17.2 Å². The fourth-order valence-electron chi connectivity index (χ4n) is 2.51. The number of hydrogen-bond donors (Lipinski definition) is 0. The van der Waals surface area contributed by atoms with Crippen molar-refractivity contribution < 1.29 is 18.6 Å². The summed E-state index contributed by atoms with van der Waals surface area (Å²) in [4.78, 5) is 0. The summed E-state index contributed by atoms with van der Waals surface area (Å²) in [5.74, 6) is 2.38. The Bertz CT molecular complexity index is 398. The third-order valence-corrected chi connectivity index (χ3v) is 8.23. The van der Waals surface area contributed by atoms with Crippen LogP contribution in [0.3, 0.4) is 0 Å². The SMILES string of the molecule is COc1cc(OC)c([Si]2(OC)CCC2)c(OC)c1. The van der Waals surface area contributed by atoms with E-state index in [1.807, 2.05) is 12.1 Å². The van der Waals surface area contributed by atoms with Crippen molar-refractivity contribution >= 4 is 13.5 Å². The monoisotopic (exact) mass is 268 g/mol. The minimum Gasteiger partial charge on any atom is -0.497 e. The van der Waals surface area contributed by atoms with E-state index in [2.05, 4.69) is 0 Å². The molecule has 1 aromatic rings. The van der Waals surface area contributed by atoms with Crippen LogP contribution >= 0.6 is 0 Å². The van der Waals surface area contributed by atoms with Crippen LogP contribution in [-0.2, 0) is 4.43 Å². The highest BCUT2D eigenvalue weighted by atomic mass is 28.4. The molecule has 1 aliphatic rings. The molecule has 4 nitrogen and oxygen atoms in total. The predicted molar refractivity (Wildman–Crippen MR) is 72.7 cm³/mol. The first kappa shape index (κ1) is 13.2. The van der Waals surface area contributed by atoms with E-state index < -0.39 is 8.32 Å². The highest BCUT2D eigenvalue weighted by Crippen LogP contribution is 2.39. The maximum absolute atomic E-state index is 5.86. The second-order valence-corrected chi connectivity index (χ2v) is 8.36. The Kier molecular flexibility index (Phi) is 3.82. The molecule has 1 fully saturated rings. The summed E-state index contributed by atoms with van der Waals surface area (Å²) in [6, 6.07) is 6.07. The van der Waals surface area contributed by atoms with Gasteiger partial charge in [-0.25, -0.2) is 0 Å². The van der Waals surface area contributed by atoms with Gasteiger partial charge in [0.1, 0.15) is 17.2 Å². The first-order valence-electron chi connectivity index (χ1n) is 6.06. The molecule has 18 heavy (non-hydrogen) atoms. The van der Waals surface area contributed by atoms with Crippen LogP contribution in [0.4, 0.5) is 0 Å². The smallest absolute Gasteiger partial charge is 0.231 e. The van der Waals surface area contributed by atoms with Gasteiger partial charge in [0.05, 0.1) is 26.5 Å². The van der Waals surface area contributed by atoms with Gasteiger partial charge in [0.25, 0.3) is 0 Å². The lowest BCUT2D eigenvalue weighted by atomic mass is 10.3. The van der Waals surface area contributed by atoms with Gasteiger partial charge in [-0.05, 0) is 12.1 Å². The quantitative estimate of drug-likeness (QED) is 0.765. The van der Waals surface area contributed by atoms with Crippen molar-refractivity contribution in [1.82, 2.24) is 0 Å². The maximum atomic E-state index is 5.86. The van der Waals surface area contributed by atoms with E-state index in [4.69, 9.17) is 18.6 Å². The number of rotatable bonds is 5. The van der Waals surface area contributed by atoms with Gasteiger partial charge in [0.15, 0.2) is 0 Å². The molecule has 2 rings (SSSR count). The van der Waals surface area contributed by atoms with Gasteiger partial charge in [-0.2, -0.15) is 0 Å². The highest BCUT2D eigenvalue weighted by Gasteiger charge is 2.47. The third-order valence-electron chi connectivity index (χ3n) is 3.72. The molecular weight excluding hydrogens is 248 g/mol. The average Bonchev–Trinajstić information content (AvgIpc) is 2.37. The zero-order chi connectivity index (χ0) is 13.2. The summed E-state index contributed by atoms with van der Waals surface area (Å²) < 4.78 is 22.1. The zero-order valence-corrected chi connectivity index (χ0v) is 12.4. The van der Waals surface area contributed by atoms with Gasteiger partial charge < -0.3 is 18.6 Å². The second-order valence-electron chi connectivity index (χ2n) is 4.46. The lowest BCUT2D eigenvalue weighted by Gasteiger charge is -2.39. The van der Waals surface area contributed by atoms with E-state index in [9.17, 15) is 0 Å². The molecule has 0 saturated carbocycles. The molecule has 0 spiro atoms. The van der Waals surface area contributed by atoms with Gasteiger partial charge >= 0.3 is 0 Å². The predicted octanol–water partition coefficient (Wildman–Crippen LogP) is 1.91. The van der Waals surface area contributed by atoms with Gasteiger partial charge in [-0.1, -0.05) is 6.42 Å². The van der Waals surface area contributed by atoms with Crippen LogP contribution in [-0.4, -0.2) is 36.8 Å². The fourth-order valence-corrected chi connectivity index (χ4v) is 5.86. The van der Waals surface area contributed by atoms with Crippen LogP contribution in [0.2, 0.25) is 12.1 Å². The summed E-state index contributed by atoms with van der Waals surface area (Å²) in [7, 11) is 4.92. The minimum atomic E-state index is -1.87. The third kappa shape index (κ3) is 1.97. The first-order chi connectivity index (χ1) is 8.70. The molecule has 0 aromatic heterocycles. The molecule has 1 aliphatic heterocycles. The number of methoxy groups -OCH3 is 3. The van der Waals surface area contributed by atoms with Crippen molar-refractivity contribution in [2.75, 3.05) is 28.4 Å². The fraction of sp³-hybridized carbons (Fsp3) is 0.538. The van der Waals surface area contributed by atoms with Crippen LogP contribution in [0.15, 0.2) is 12.1 Å². The molecular formula is C13H20O4Si. The highest BCUT2D eigenvalue weighted by molar-refractivity contribution is 6.90. The van der Waals surface area contributed by atoms with Crippen LogP contribution in [0.25, 0.3) is 0 Å². The molecule has 0 atom stereocenters. The molecule has 100 valence electrons. The second kappa shape index (κ2) is 5.20. The van der Waals surface area contributed by atoms with E-state index in [1.54, 1.807) is 28.4 Å². The number of hydrogen-bond acceptors (Lipinski definition) is 4. The Morgan fingerprint density at radius 2 is 1.44 bits per heavy atom. The van der Waals surface area contributed by atoms with Crippen molar-refractivity contribution in [2.45, 2.75) is 18.5 Å². The summed E-state index contributed by atoms with van der Waals surface area (Å²) in [5.41, 5.74) is 0. The van der Waals surface area contributed by atoms with Crippen molar-refractivity contribution in [1.29, 1.82) is 0 Å². The Balaban J connectivity index is 2.56. The molecule has 0 N–H and O–H groups in total. The Labute approximate surface area is 109 Å². The maximum Gasteiger partial charge on any atom is 0.231 e. The molecule has 1 saturated heterocycles. The standard InChI is InChI=1S/C13H20O4Si/c1-14-10-8-11(15-2)13(12(9-10)16-3)18(17-4)6-5-7-18/h8-9H,5-7H2,1-4H3. The number of benzene rings is 1. The molecule has 1 heterocycles. The van der Waals surface area contributed by atoms with Crippen LogP contribution in [0.1, 0.15) is 6.42 Å². The van der Waals surface area contributed by atoms with Gasteiger partial charge in [0, 0.05) is 19.2 Å². The Morgan fingerprint density at radius 3 is 1.72 bits per heavy atom. The molecule has 5 heteroatoms. The van der Waals surface area contributed by atoms with Crippen molar-refractivity contribution in [3.63, 3.8) is 0 Å². The van der Waals surface area contributed by atoms with Gasteiger partial charge in [-0.15, -0.1) is 0 Å². The molecule has 0 unspecified atom stereocenters. The van der Waals surface area contributed by atoms with E-state index in [1.165, 1.54) is 6.42 Å². The van der Waals surface area contributed by atoms with E-state index in [-0.39, 0.29) is 0 Å². The summed E-state index contributed by atoms with van der Waals surface area (Å²) in [5, 5.41) is 1.13. The zero-order valence-electron chi connectivity index (χ0n) is 11.4. The molecule has 0 radical (unpaired) electrons. The Morgan fingerprint density at radius 1 is 0.889 bits per heavy atom. The summed E-state index contributed by atoms with van der Waals surface area (Å²) >= 11 is 0. The lowest BCUT2D eigenvalue weighted by Crippen LogP contribution is -2.56. The molecule has 0 bridgehead atoms. The molecule has 0 amide bonds. The van der Waals surface area contributed by atoms with E-state index in [0.29, 0.717) is 0 Å². The summed E-state index contributed by atoms with van der Waals surface area (Å²) in [6.07, 6.45) is 1.22. The molecule has 0 aliphatic carbocycles. The summed E-state index contributed by atoms with van der Waals surface area (Å²) in [6.45, 7) is 0.